The molecular formula is C25H30FN3O4. The fourth-order valence-corrected chi connectivity index (χ4v) is 4.81. The minimum atomic E-state index is -0.548. The number of carbonyl (C=O) groups is 2. The maximum atomic E-state index is 14.0. The molecule has 0 saturated carbocycles. The largest absolute Gasteiger partial charge is 0.494 e. The molecule has 2 aliphatic rings. The number of carbonyl (C=O) groups excluding carboxylic acids is 2. The van der Waals surface area contributed by atoms with E-state index < -0.39 is 5.82 Å². The fraction of sp³-hybridized carbons (Fsp3) is 0.440. The molecule has 0 spiro atoms. The van der Waals surface area contributed by atoms with Gasteiger partial charge in [0.05, 0.1) is 13.2 Å². The summed E-state index contributed by atoms with van der Waals surface area (Å²) in [5.74, 6) is 0.165. The van der Waals surface area contributed by atoms with Crippen molar-refractivity contribution in [2.75, 3.05) is 33.8 Å². The quantitative estimate of drug-likeness (QED) is 0.725. The van der Waals surface area contributed by atoms with Gasteiger partial charge in [0.1, 0.15) is 11.9 Å². The van der Waals surface area contributed by atoms with Gasteiger partial charge in [-0.15, -0.1) is 0 Å². The minimum Gasteiger partial charge on any atom is -0.494 e. The highest BCUT2D eigenvalue weighted by atomic mass is 19.1. The molecule has 2 atom stereocenters. The van der Waals surface area contributed by atoms with Crippen molar-refractivity contribution in [1.29, 1.82) is 0 Å². The number of rotatable bonds is 6. The van der Waals surface area contributed by atoms with Crippen molar-refractivity contribution in [2.24, 2.45) is 0 Å². The van der Waals surface area contributed by atoms with Gasteiger partial charge >= 0.3 is 0 Å². The van der Waals surface area contributed by atoms with Gasteiger partial charge in [0.15, 0.2) is 11.6 Å². The number of nitrogens with zero attached hydrogens (tertiary/aromatic N) is 2. The lowest BCUT2D eigenvalue weighted by molar-refractivity contribution is -0.126. The fourth-order valence-electron chi connectivity index (χ4n) is 4.81. The van der Waals surface area contributed by atoms with Crippen molar-refractivity contribution in [3.63, 3.8) is 0 Å². The van der Waals surface area contributed by atoms with Crippen molar-refractivity contribution in [1.82, 2.24) is 15.1 Å². The normalized spacial score (nSPS) is 21.6. The van der Waals surface area contributed by atoms with Crippen LogP contribution in [0, 0.1) is 5.82 Å². The number of piperidine rings is 1. The van der Waals surface area contributed by atoms with Crippen LogP contribution in [0.4, 0.5) is 4.39 Å². The molecule has 2 aromatic rings. The molecule has 2 amide bonds. The molecule has 2 fully saturated rings. The highest BCUT2D eigenvalue weighted by molar-refractivity contribution is 5.94. The van der Waals surface area contributed by atoms with Crippen LogP contribution in [0.3, 0.4) is 0 Å². The molecule has 8 heteroatoms. The molecular weight excluding hydrogens is 425 g/mol. The Kier molecular flexibility index (Phi) is 7.13. The number of hydrogen-bond acceptors (Lipinski definition) is 5. The third-order valence-corrected chi connectivity index (χ3v) is 6.52. The van der Waals surface area contributed by atoms with E-state index in [9.17, 15) is 14.0 Å². The lowest BCUT2D eigenvalue weighted by atomic mass is 10.0. The molecule has 2 aromatic carbocycles. The molecule has 0 bridgehead atoms. The zero-order chi connectivity index (χ0) is 23.4. The zero-order valence-electron chi connectivity index (χ0n) is 19.0. The molecule has 7 nitrogen and oxygen atoms in total. The summed E-state index contributed by atoms with van der Waals surface area (Å²) in [6.07, 6.45) is 2.04. The van der Waals surface area contributed by atoms with Crippen LogP contribution in [0.5, 0.6) is 11.5 Å². The summed E-state index contributed by atoms with van der Waals surface area (Å²) in [5.41, 5.74) is 0.312. The van der Waals surface area contributed by atoms with Gasteiger partial charge in [0.2, 0.25) is 5.91 Å². The second-order valence-electron chi connectivity index (χ2n) is 8.49. The number of likely N-dealkylation sites (N-methyl/N-ethyl adjacent to an activating group) is 1. The SMILES string of the molecule is CNC(=O)[C@@H]1C[C@H](Oc2ccccc2)CN1C1CCN(C(=O)c2ccc(OC)c(F)c2)CC1. The summed E-state index contributed by atoms with van der Waals surface area (Å²) in [4.78, 5) is 29.4. The number of likely N-dealkylation sites (tertiary alicyclic amines) is 2. The Morgan fingerprint density at radius 1 is 1.09 bits per heavy atom. The van der Waals surface area contributed by atoms with Gasteiger partial charge in [-0.3, -0.25) is 14.5 Å². The van der Waals surface area contributed by atoms with E-state index in [-0.39, 0.29) is 35.8 Å². The van der Waals surface area contributed by atoms with E-state index >= 15 is 0 Å². The third-order valence-electron chi connectivity index (χ3n) is 6.52. The van der Waals surface area contributed by atoms with Crippen LogP contribution >= 0.6 is 0 Å². The van der Waals surface area contributed by atoms with Crippen LogP contribution in [0.1, 0.15) is 29.6 Å². The minimum absolute atomic E-state index is 0.0126. The Bertz CT molecular complexity index is 979. The maximum Gasteiger partial charge on any atom is 0.253 e. The first-order chi connectivity index (χ1) is 16.0. The van der Waals surface area contributed by atoms with Crippen LogP contribution in [0.15, 0.2) is 48.5 Å². The Morgan fingerprint density at radius 3 is 2.45 bits per heavy atom. The molecule has 0 radical (unpaired) electrons. The number of halogens is 1. The molecule has 0 aromatic heterocycles. The average molecular weight is 456 g/mol. The monoisotopic (exact) mass is 455 g/mol. The number of benzene rings is 2. The number of ether oxygens (including phenoxy) is 2. The first-order valence-corrected chi connectivity index (χ1v) is 11.3. The van der Waals surface area contributed by atoms with E-state index in [1.165, 1.54) is 19.2 Å². The van der Waals surface area contributed by atoms with Crippen LogP contribution in [-0.2, 0) is 4.79 Å². The molecule has 176 valence electrons. The van der Waals surface area contributed by atoms with Crippen LogP contribution in [-0.4, -0.2) is 73.6 Å². The average Bonchev–Trinajstić information content (AvgIpc) is 3.27. The van der Waals surface area contributed by atoms with Crippen molar-refractivity contribution < 1.29 is 23.5 Å². The van der Waals surface area contributed by atoms with E-state index in [0.29, 0.717) is 31.6 Å². The third kappa shape index (κ3) is 5.11. The van der Waals surface area contributed by atoms with Crippen molar-refractivity contribution in [3.8, 4) is 11.5 Å². The summed E-state index contributed by atoms with van der Waals surface area (Å²) in [7, 11) is 3.05. The van der Waals surface area contributed by atoms with E-state index in [2.05, 4.69) is 10.2 Å². The Balaban J connectivity index is 1.39. The lowest BCUT2D eigenvalue weighted by Gasteiger charge is -2.38. The molecule has 0 unspecified atom stereocenters. The van der Waals surface area contributed by atoms with Gasteiger partial charge in [-0.05, 0) is 43.2 Å². The van der Waals surface area contributed by atoms with Crippen LogP contribution in [0.25, 0.3) is 0 Å². The zero-order valence-corrected chi connectivity index (χ0v) is 19.0. The molecule has 33 heavy (non-hydrogen) atoms. The van der Waals surface area contributed by atoms with Crippen molar-refractivity contribution in [3.05, 3.63) is 59.9 Å². The topological polar surface area (TPSA) is 71.1 Å². The van der Waals surface area contributed by atoms with Crippen molar-refractivity contribution in [2.45, 2.75) is 37.5 Å². The number of nitrogens with one attached hydrogen (secondary N) is 1. The predicted octanol–water partition coefficient (Wildman–Crippen LogP) is 2.71. The molecule has 2 heterocycles. The second-order valence-corrected chi connectivity index (χ2v) is 8.49. The van der Waals surface area contributed by atoms with Gasteiger partial charge < -0.3 is 19.7 Å². The first kappa shape index (κ1) is 23.0. The number of amides is 2. The van der Waals surface area contributed by atoms with Gasteiger partial charge in [0, 0.05) is 44.7 Å². The summed E-state index contributed by atoms with van der Waals surface area (Å²) in [5, 5.41) is 2.78. The summed E-state index contributed by atoms with van der Waals surface area (Å²) in [6, 6.07) is 13.8. The Hall–Kier alpha value is -3.13. The van der Waals surface area contributed by atoms with Gasteiger partial charge in [-0.2, -0.15) is 0 Å². The smallest absolute Gasteiger partial charge is 0.253 e. The summed E-state index contributed by atoms with van der Waals surface area (Å²) >= 11 is 0. The highest BCUT2D eigenvalue weighted by Gasteiger charge is 2.42. The standard InChI is InChI=1S/C25H30FN3O4/c1-27-24(30)22-15-20(33-19-6-4-3-5-7-19)16-29(22)18-10-12-28(13-11-18)25(31)17-8-9-23(32-2)21(26)14-17/h3-9,14,18,20,22H,10-13,15-16H2,1-2H3,(H,27,30)/t20-,22-/m0/s1. The van der Waals surface area contributed by atoms with E-state index in [0.717, 1.165) is 18.6 Å². The lowest BCUT2D eigenvalue weighted by Crippen LogP contribution is -2.51. The maximum absolute atomic E-state index is 14.0. The molecule has 1 N–H and O–H groups in total. The molecule has 2 saturated heterocycles. The summed E-state index contributed by atoms with van der Waals surface area (Å²) < 4.78 is 25.1. The highest BCUT2D eigenvalue weighted by Crippen LogP contribution is 2.29. The van der Waals surface area contributed by atoms with E-state index in [1.807, 2.05) is 30.3 Å². The first-order valence-electron chi connectivity index (χ1n) is 11.3. The molecule has 0 aliphatic carbocycles. The second kappa shape index (κ2) is 10.2. The number of methoxy groups -OCH3 is 1. The predicted molar refractivity (Wildman–Crippen MR) is 122 cm³/mol. The van der Waals surface area contributed by atoms with Gasteiger partial charge in [-0.25, -0.2) is 4.39 Å². The molecule has 4 rings (SSSR count). The number of para-hydroxylation sites is 1. The Labute approximate surface area is 193 Å². The van der Waals surface area contributed by atoms with Crippen LogP contribution in [0.2, 0.25) is 0 Å². The number of hydrogen-bond donors (Lipinski definition) is 1. The van der Waals surface area contributed by atoms with Crippen molar-refractivity contribution >= 4 is 11.8 Å². The van der Waals surface area contributed by atoms with E-state index in [1.54, 1.807) is 18.0 Å². The molecule has 2 aliphatic heterocycles. The van der Waals surface area contributed by atoms with Gasteiger partial charge in [0.25, 0.3) is 5.91 Å². The van der Waals surface area contributed by atoms with Crippen LogP contribution < -0.4 is 14.8 Å². The Morgan fingerprint density at radius 2 is 1.82 bits per heavy atom. The van der Waals surface area contributed by atoms with E-state index in [4.69, 9.17) is 9.47 Å². The van der Waals surface area contributed by atoms with Gasteiger partial charge in [-0.1, -0.05) is 18.2 Å². The summed E-state index contributed by atoms with van der Waals surface area (Å²) in [6.45, 7) is 1.77.